The molecule has 6 heteroatoms. The number of aromatic amines is 1. The third kappa shape index (κ3) is 2.04. The van der Waals surface area contributed by atoms with Crippen LogP contribution in [-0.2, 0) is 6.54 Å². The van der Waals surface area contributed by atoms with E-state index in [0.29, 0.717) is 4.77 Å². The van der Waals surface area contributed by atoms with Crippen molar-refractivity contribution in [3.05, 3.63) is 43.4 Å². The van der Waals surface area contributed by atoms with E-state index in [1.54, 1.807) is 11.3 Å². The summed E-state index contributed by atoms with van der Waals surface area (Å²) in [6.45, 7) is 2.77. The number of hydrogen-bond donors (Lipinski definition) is 1. The summed E-state index contributed by atoms with van der Waals surface area (Å²) in [6, 6.07) is 4.12. The number of hydrogen-bond acceptors (Lipinski definition) is 3. The number of halogens is 1. The maximum atomic E-state index is 5.37. The van der Waals surface area contributed by atoms with Crippen LogP contribution in [-0.4, -0.2) is 14.5 Å². The van der Waals surface area contributed by atoms with Crippen LogP contribution in [0.2, 0.25) is 0 Å². The van der Waals surface area contributed by atoms with Gasteiger partial charge in [0.2, 0.25) is 0 Å². The Hall–Kier alpha value is -0.980. The summed E-state index contributed by atoms with van der Waals surface area (Å²) >= 11 is 10.6. The lowest BCUT2D eigenvalue weighted by atomic mass is 10.3. The number of aromatic nitrogens is 3. The quantitative estimate of drug-likeness (QED) is 0.707. The zero-order valence-corrected chi connectivity index (χ0v) is 12.8. The highest BCUT2D eigenvalue weighted by atomic mass is 79.9. The maximum Gasteiger partial charge on any atom is 0.179 e. The van der Waals surface area contributed by atoms with Crippen molar-refractivity contribution in [1.29, 1.82) is 0 Å². The molecule has 0 aromatic carbocycles. The second-order valence-corrected chi connectivity index (χ2v) is 6.33. The van der Waals surface area contributed by atoms with Gasteiger partial charge in [0, 0.05) is 15.5 Å². The average molecular weight is 340 g/mol. The first kappa shape index (κ1) is 12.1. The van der Waals surface area contributed by atoms with Crippen molar-refractivity contribution in [3.63, 3.8) is 0 Å². The van der Waals surface area contributed by atoms with E-state index < -0.39 is 0 Å². The van der Waals surface area contributed by atoms with Crippen molar-refractivity contribution in [2.75, 3.05) is 0 Å². The van der Waals surface area contributed by atoms with Crippen molar-refractivity contribution in [1.82, 2.24) is 14.5 Å². The highest BCUT2D eigenvalue weighted by Gasteiger charge is 2.09. The molecular formula is C12H10BrN3S2. The molecule has 3 heterocycles. The van der Waals surface area contributed by atoms with Gasteiger partial charge >= 0.3 is 0 Å². The summed E-state index contributed by atoms with van der Waals surface area (Å²) in [6.07, 6.45) is 1.87. The molecule has 0 unspecified atom stereocenters. The molecule has 3 rings (SSSR count). The lowest BCUT2D eigenvalue weighted by Crippen LogP contribution is -1.99. The number of pyridine rings is 1. The van der Waals surface area contributed by atoms with Gasteiger partial charge < -0.3 is 4.98 Å². The third-order valence-corrected chi connectivity index (χ3v) is 4.97. The van der Waals surface area contributed by atoms with Gasteiger partial charge in [0.1, 0.15) is 0 Å². The van der Waals surface area contributed by atoms with E-state index in [0.717, 1.165) is 27.7 Å². The second-order valence-electron chi connectivity index (χ2n) is 4.09. The number of thiophene rings is 1. The first-order valence-electron chi connectivity index (χ1n) is 5.42. The van der Waals surface area contributed by atoms with Crippen molar-refractivity contribution in [3.8, 4) is 0 Å². The van der Waals surface area contributed by atoms with Crippen LogP contribution in [0.4, 0.5) is 0 Å². The van der Waals surface area contributed by atoms with E-state index in [4.69, 9.17) is 12.2 Å². The maximum absolute atomic E-state index is 5.37. The van der Waals surface area contributed by atoms with Gasteiger partial charge in [-0.3, -0.25) is 4.57 Å². The van der Waals surface area contributed by atoms with Gasteiger partial charge in [-0.1, -0.05) is 0 Å². The molecule has 0 amide bonds. The number of imidazole rings is 1. The first-order valence-corrected chi connectivity index (χ1v) is 7.50. The molecule has 0 bridgehead atoms. The molecule has 0 fully saturated rings. The number of fused-ring (bicyclic) bond motifs is 1. The molecule has 3 aromatic heterocycles. The normalized spacial score (nSPS) is 11.2. The predicted molar refractivity (Wildman–Crippen MR) is 80.8 cm³/mol. The number of aryl methyl sites for hydroxylation is 1. The first-order chi connectivity index (χ1) is 8.65. The van der Waals surface area contributed by atoms with Crippen LogP contribution in [0.15, 0.2) is 28.2 Å². The lowest BCUT2D eigenvalue weighted by molar-refractivity contribution is 0.810. The minimum Gasteiger partial charge on any atom is -0.329 e. The summed E-state index contributed by atoms with van der Waals surface area (Å²) in [7, 11) is 0. The SMILES string of the molecule is Cc1cnc2c(c1)[nH]c(=S)n2Cc1sccc1Br. The predicted octanol–water partition coefficient (Wildman–Crippen LogP) is 4.27. The van der Waals surface area contributed by atoms with Crippen molar-refractivity contribution < 1.29 is 0 Å². The topological polar surface area (TPSA) is 33.6 Å². The molecule has 0 radical (unpaired) electrons. The van der Waals surface area contributed by atoms with Gasteiger partial charge in [0.05, 0.1) is 12.1 Å². The van der Waals surface area contributed by atoms with E-state index in [9.17, 15) is 0 Å². The van der Waals surface area contributed by atoms with Crippen LogP contribution in [0.3, 0.4) is 0 Å². The average Bonchev–Trinajstić information content (AvgIpc) is 2.85. The molecule has 1 N–H and O–H groups in total. The molecule has 0 aliphatic heterocycles. The van der Waals surface area contributed by atoms with E-state index in [-0.39, 0.29) is 0 Å². The highest BCUT2D eigenvalue weighted by Crippen LogP contribution is 2.25. The van der Waals surface area contributed by atoms with E-state index in [1.165, 1.54) is 4.88 Å². The molecule has 92 valence electrons. The highest BCUT2D eigenvalue weighted by molar-refractivity contribution is 9.10. The van der Waals surface area contributed by atoms with Crippen molar-refractivity contribution in [2.24, 2.45) is 0 Å². The van der Waals surface area contributed by atoms with Gasteiger partial charge in [0.25, 0.3) is 0 Å². The van der Waals surface area contributed by atoms with E-state index in [2.05, 4.69) is 43.4 Å². The molecule has 0 saturated heterocycles. The van der Waals surface area contributed by atoms with E-state index in [1.807, 2.05) is 17.7 Å². The Kier molecular flexibility index (Phi) is 3.09. The summed E-state index contributed by atoms with van der Waals surface area (Å²) < 4.78 is 3.86. The van der Waals surface area contributed by atoms with Gasteiger partial charge in [0.15, 0.2) is 10.4 Å². The number of H-pyrrole nitrogens is 1. The lowest BCUT2D eigenvalue weighted by Gasteiger charge is -2.02. The van der Waals surface area contributed by atoms with Gasteiger partial charge in [-0.25, -0.2) is 4.98 Å². The Morgan fingerprint density at radius 3 is 3.11 bits per heavy atom. The fourth-order valence-corrected chi connectivity index (χ4v) is 3.60. The molecule has 0 aliphatic rings. The minimum atomic E-state index is 0.711. The Morgan fingerprint density at radius 2 is 2.39 bits per heavy atom. The minimum absolute atomic E-state index is 0.711. The molecule has 3 nitrogen and oxygen atoms in total. The van der Waals surface area contributed by atoms with Crippen LogP contribution in [0.1, 0.15) is 10.4 Å². The van der Waals surface area contributed by atoms with Crippen LogP contribution < -0.4 is 0 Å². The number of nitrogens with one attached hydrogen (secondary N) is 1. The molecule has 0 atom stereocenters. The molecule has 0 aliphatic carbocycles. The third-order valence-electron chi connectivity index (χ3n) is 2.74. The summed E-state index contributed by atoms with van der Waals surface area (Å²) in [5.74, 6) is 0. The Balaban J connectivity index is 2.15. The Morgan fingerprint density at radius 1 is 1.56 bits per heavy atom. The smallest absolute Gasteiger partial charge is 0.179 e. The molecule has 18 heavy (non-hydrogen) atoms. The monoisotopic (exact) mass is 339 g/mol. The molecule has 0 spiro atoms. The van der Waals surface area contributed by atoms with Gasteiger partial charge in [-0.05, 0) is 58.1 Å². The van der Waals surface area contributed by atoms with Gasteiger partial charge in [-0.2, -0.15) is 0 Å². The fraction of sp³-hybridized carbons (Fsp3) is 0.167. The summed E-state index contributed by atoms with van der Waals surface area (Å²) in [5, 5.41) is 2.06. The number of nitrogens with zero attached hydrogens (tertiary/aromatic N) is 2. The van der Waals surface area contributed by atoms with E-state index >= 15 is 0 Å². The molecular weight excluding hydrogens is 330 g/mol. The zero-order chi connectivity index (χ0) is 12.7. The van der Waals surface area contributed by atoms with Crippen molar-refractivity contribution >= 4 is 50.6 Å². The van der Waals surface area contributed by atoms with Crippen LogP contribution >= 0.6 is 39.5 Å². The Labute approximate surface area is 122 Å². The Bertz CT molecular complexity index is 769. The van der Waals surface area contributed by atoms with Crippen molar-refractivity contribution in [2.45, 2.75) is 13.5 Å². The van der Waals surface area contributed by atoms with Gasteiger partial charge in [-0.15, -0.1) is 11.3 Å². The molecule has 3 aromatic rings. The zero-order valence-electron chi connectivity index (χ0n) is 9.61. The number of rotatable bonds is 2. The largest absolute Gasteiger partial charge is 0.329 e. The summed E-state index contributed by atoms with van der Waals surface area (Å²) in [5.41, 5.74) is 3.03. The van der Waals surface area contributed by atoms with Crippen LogP contribution in [0, 0.1) is 11.7 Å². The second kappa shape index (κ2) is 4.60. The fourth-order valence-electron chi connectivity index (χ4n) is 1.88. The standard InChI is InChI=1S/C12H10BrN3S2/c1-7-4-9-11(14-5-7)16(12(17)15-9)6-10-8(13)2-3-18-10/h2-5H,6H2,1H3,(H,15,17). The molecule has 0 saturated carbocycles. The summed E-state index contributed by atoms with van der Waals surface area (Å²) in [4.78, 5) is 8.92. The van der Waals surface area contributed by atoms with Crippen LogP contribution in [0.25, 0.3) is 11.2 Å². The van der Waals surface area contributed by atoms with Crippen LogP contribution in [0.5, 0.6) is 0 Å².